The molecule has 1 amide bonds. The zero-order chi connectivity index (χ0) is 23.8. The number of halogens is 1. The Morgan fingerprint density at radius 3 is 2.42 bits per heavy atom. The summed E-state index contributed by atoms with van der Waals surface area (Å²) in [4.78, 5) is 16.0. The predicted octanol–water partition coefficient (Wildman–Crippen LogP) is 4.97. The highest BCUT2D eigenvalue weighted by atomic mass is 32.2. The highest BCUT2D eigenvalue weighted by molar-refractivity contribution is 7.90. The van der Waals surface area contributed by atoms with Crippen LogP contribution in [0.4, 0.5) is 4.39 Å². The van der Waals surface area contributed by atoms with Crippen LogP contribution >= 0.6 is 0 Å². The van der Waals surface area contributed by atoms with Gasteiger partial charge in [0.25, 0.3) is 5.91 Å². The van der Waals surface area contributed by atoms with E-state index in [2.05, 4.69) is 10.3 Å². The zero-order valence-electron chi connectivity index (χ0n) is 18.7. The number of sulfone groups is 1. The molecular formula is C26H25FN2O3S. The van der Waals surface area contributed by atoms with Gasteiger partial charge in [-0.3, -0.25) is 4.79 Å². The van der Waals surface area contributed by atoms with E-state index in [1.165, 1.54) is 12.3 Å². The maximum atomic E-state index is 14.1. The predicted molar refractivity (Wildman–Crippen MR) is 129 cm³/mol. The summed E-state index contributed by atoms with van der Waals surface area (Å²) in [6.45, 7) is 4.28. The molecule has 170 valence electrons. The first-order valence-electron chi connectivity index (χ1n) is 10.6. The molecule has 33 heavy (non-hydrogen) atoms. The molecule has 1 aromatic heterocycles. The van der Waals surface area contributed by atoms with Gasteiger partial charge in [0.1, 0.15) is 5.82 Å². The molecule has 0 spiro atoms. The van der Waals surface area contributed by atoms with Gasteiger partial charge >= 0.3 is 0 Å². The molecule has 0 bridgehead atoms. The molecule has 0 atom stereocenters. The smallest absolute Gasteiger partial charge is 0.251 e. The van der Waals surface area contributed by atoms with Crippen LogP contribution < -0.4 is 5.32 Å². The number of carbonyl (C=O) groups is 1. The average Bonchev–Trinajstić information content (AvgIpc) is 3.13. The Kier molecular flexibility index (Phi) is 6.08. The number of H-pyrrole nitrogens is 1. The van der Waals surface area contributed by atoms with Gasteiger partial charge < -0.3 is 10.3 Å². The van der Waals surface area contributed by atoms with Gasteiger partial charge in [0.15, 0.2) is 9.84 Å². The van der Waals surface area contributed by atoms with Gasteiger partial charge in [0, 0.05) is 29.4 Å². The summed E-state index contributed by atoms with van der Waals surface area (Å²) in [5.41, 5.74) is 5.50. The Balaban J connectivity index is 1.45. The molecule has 3 aromatic carbocycles. The number of nitrogens with one attached hydrogen (secondary N) is 2. The van der Waals surface area contributed by atoms with Gasteiger partial charge in [-0.15, -0.1) is 0 Å². The molecule has 5 nitrogen and oxygen atoms in total. The van der Waals surface area contributed by atoms with E-state index >= 15 is 0 Å². The van der Waals surface area contributed by atoms with Crippen molar-refractivity contribution in [3.8, 4) is 11.1 Å². The van der Waals surface area contributed by atoms with E-state index in [1.54, 1.807) is 48.5 Å². The summed E-state index contributed by atoms with van der Waals surface area (Å²) in [5.74, 6) is -0.483. The normalized spacial score (nSPS) is 11.6. The van der Waals surface area contributed by atoms with Gasteiger partial charge in [-0.05, 0) is 72.9 Å². The van der Waals surface area contributed by atoms with E-state index in [1.807, 2.05) is 19.9 Å². The van der Waals surface area contributed by atoms with Gasteiger partial charge in [-0.25, -0.2) is 12.8 Å². The van der Waals surface area contributed by atoms with Crippen molar-refractivity contribution in [1.29, 1.82) is 0 Å². The van der Waals surface area contributed by atoms with Crippen LogP contribution in [0.25, 0.3) is 22.0 Å². The monoisotopic (exact) mass is 464 g/mol. The van der Waals surface area contributed by atoms with E-state index < -0.39 is 9.84 Å². The molecule has 0 radical (unpaired) electrons. The Bertz CT molecular complexity index is 1460. The second kappa shape index (κ2) is 8.83. The number of hydrogen-bond donors (Lipinski definition) is 2. The molecule has 0 fully saturated rings. The number of fused-ring (bicyclic) bond motifs is 1. The zero-order valence-corrected chi connectivity index (χ0v) is 19.5. The van der Waals surface area contributed by atoms with Crippen LogP contribution in [-0.2, 0) is 16.3 Å². The standard InChI is InChI=1S/C26H25FN2O3S/c1-16-7-12-23(27)25-24(16)22(17(2)29-25)13-14-28-26(30)19-10-8-18(9-11-19)20-5-4-6-21(15-20)33(3,31)32/h4-12,15,29H,13-14H2,1-3H3,(H,28,30). The molecule has 7 heteroatoms. The van der Waals surface area contributed by atoms with E-state index in [0.717, 1.165) is 33.3 Å². The van der Waals surface area contributed by atoms with Crippen molar-refractivity contribution in [3.63, 3.8) is 0 Å². The Labute approximate surface area is 192 Å². The fraction of sp³-hybridized carbons (Fsp3) is 0.192. The Morgan fingerprint density at radius 2 is 1.73 bits per heavy atom. The largest absolute Gasteiger partial charge is 0.356 e. The van der Waals surface area contributed by atoms with Gasteiger partial charge in [-0.2, -0.15) is 0 Å². The van der Waals surface area contributed by atoms with Gasteiger partial charge in [0.05, 0.1) is 10.4 Å². The van der Waals surface area contributed by atoms with E-state index in [4.69, 9.17) is 0 Å². The number of aromatic amines is 1. The van der Waals surface area contributed by atoms with E-state index in [9.17, 15) is 17.6 Å². The third-order valence-corrected chi connectivity index (χ3v) is 6.94. The maximum absolute atomic E-state index is 14.1. The number of hydrogen-bond acceptors (Lipinski definition) is 3. The minimum atomic E-state index is -3.29. The molecule has 4 aromatic rings. The Morgan fingerprint density at radius 1 is 1.00 bits per heavy atom. The number of benzene rings is 3. The van der Waals surface area contributed by atoms with Crippen molar-refractivity contribution in [2.75, 3.05) is 12.8 Å². The van der Waals surface area contributed by atoms with Crippen molar-refractivity contribution in [1.82, 2.24) is 10.3 Å². The van der Waals surface area contributed by atoms with Crippen LogP contribution in [-0.4, -0.2) is 32.1 Å². The van der Waals surface area contributed by atoms with Crippen LogP contribution in [0.3, 0.4) is 0 Å². The van der Waals surface area contributed by atoms with Crippen LogP contribution in [0.2, 0.25) is 0 Å². The average molecular weight is 465 g/mol. The number of aromatic nitrogens is 1. The summed E-state index contributed by atoms with van der Waals surface area (Å²) in [5, 5.41) is 3.80. The van der Waals surface area contributed by atoms with Crippen molar-refractivity contribution < 1.29 is 17.6 Å². The molecule has 0 aliphatic heterocycles. The molecular weight excluding hydrogens is 439 g/mol. The van der Waals surface area contributed by atoms with Crippen LogP contribution in [0.5, 0.6) is 0 Å². The van der Waals surface area contributed by atoms with Gasteiger partial charge in [0.2, 0.25) is 0 Å². The van der Waals surface area contributed by atoms with Crippen molar-refractivity contribution in [3.05, 3.63) is 88.9 Å². The number of carbonyl (C=O) groups excluding carboxylic acids is 1. The number of amides is 1. The second-order valence-corrected chi connectivity index (χ2v) is 10.2. The van der Waals surface area contributed by atoms with Crippen molar-refractivity contribution >= 4 is 26.6 Å². The first kappa shape index (κ1) is 22.7. The van der Waals surface area contributed by atoms with E-state index in [0.29, 0.717) is 24.0 Å². The molecule has 0 aliphatic carbocycles. The third kappa shape index (κ3) is 4.68. The van der Waals surface area contributed by atoms with Crippen LogP contribution in [0.15, 0.2) is 65.6 Å². The molecule has 0 unspecified atom stereocenters. The molecule has 2 N–H and O–H groups in total. The SMILES string of the molecule is Cc1[nH]c2c(F)ccc(C)c2c1CCNC(=O)c1ccc(-c2cccc(S(C)(=O)=O)c2)cc1. The molecule has 0 saturated carbocycles. The number of aryl methyl sites for hydroxylation is 2. The lowest BCUT2D eigenvalue weighted by Gasteiger charge is -2.08. The lowest BCUT2D eigenvalue weighted by atomic mass is 10.0. The van der Waals surface area contributed by atoms with E-state index in [-0.39, 0.29) is 16.6 Å². The fourth-order valence-corrected chi connectivity index (χ4v) is 4.75. The molecule has 1 heterocycles. The maximum Gasteiger partial charge on any atom is 0.251 e. The lowest BCUT2D eigenvalue weighted by Crippen LogP contribution is -2.25. The summed E-state index contributed by atoms with van der Waals surface area (Å²) >= 11 is 0. The van der Waals surface area contributed by atoms with Gasteiger partial charge in [-0.1, -0.05) is 30.3 Å². The summed E-state index contributed by atoms with van der Waals surface area (Å²) in [7, 11) is -3.29. The molecule has 0 aliphatic rings. The second-order valence-electron chi connectivity index (χ2n) is 8.23. The van der Waals surface area contributed by atoms with Crippen molar-refractivity contribution in [2.45, 2.75) is 25.2 Å². The minimum absolute atomic E-state index is 0.202. The Hall–Kier alpha value is -3.45. The quantitative estimate of drug-likeness (QED) is 0.423. The fourth-order valence-electron chi connectivity index (χ4n) is 4.08. The highest BCUT2D eigenvalue weighted by Crippen LogP contribution is 2.28. The van der Waals surface area contributed by atoms with Crippen molar-refractivity contribution in [2.24, 2.45) is 0 Å². The molecule has 4 rings (SSSR count). The molecule has 0 saturated heterocycles. The first-order valence-corrected chi connectivity index (χ1v) is 12.5. The van der Waals surface area contributed by atoms with Crippen LogP contribution in [0, 0.1) is 19.7 Å². The minimum Gasteiger partial charge on any atom is -0.356 e. The highest BCUT2D eigenvalue weighted by Gasteiger charge is 2.15. The third-order valence-electron chi connectivity index (χ3n) is 5.83. The summed E-state index contributed by atoms with van der Waals surface area (Å²) in [6, 6.07) is 17.0. The topological polar surface area (TPSA) is 79.0 Å². The lowest BCUT2D eigenvalue weighted by molar-refractivity contribution is 0.0954. The summed E-state index contributed by atoms with van der Waals surface area (Å²) < 4.78 is 37.7. The first-order chi connectivity index (χ1) is 15.6. The van der Waals surface area contributed by atoms with Crippen LogP contribution in [0.1, 0.15) is 27.2 Å². The number of rotatable bonds is 6. The summed E-state index contributed by atoms with van der Waals surface area (Å²) in [6.07, 6.45) is 1.76.